The number of rotatable bonds is 3. The first-order chi connectivity index (χ1) is 13.6. The minimum Gasteiger partial charge on any atom is -0.472 e. The standard InChI is InChI=1S/C21H22FN5O/c1-12-16-9-14(28-21(16)24-13(2)23-12)10-27-8-7-19-17(11-27)20(26-25-19)15-5-3-4-6-18(15)22/h3-6,14H,7-11H2,1-2H3,(H,25,26)/t14-/m0/s1. The van der Waals surface area contributed by atoms with E-state index in [1.165, 1.54) is 6.07 Å². The van der Waals surface area contributed by atoms with Crippen LogP contribution in [0.25, 0.3) is 11.3 Å². The van der Waals surface area contributed by atoms with Crippen LogP contribution in [0.15, 0.2) is 24.3 Å². The maximum Gasteiger partial charge on any atom is 0.220 e. The third kappa shape index (κ3) is 2.96. The molecule has 1 aromatic carbocycles. The molecular weight excluding hydrogens is 357 g/mol. The van der Waals surface area contributed by atoms with Crippen LogP contribution in [0.5, 0.6) is 5.88 Å². The summed E-state index contributed by atoms with van der Waals surface area (Å²) in [6, 6.07) is 6.80. The fraction of sp³-hybridized carbons (Fsp3) is 0.381. The van der Waals surface area contributed by atoms with Gasteiger partial charge in [0.2, 0.25) is 5.88 Å². The number of aromatic amines is 1. The predicted octanol–water partition coefficient (Wildman–Crippen LogP) is 2.98. The summed E-state index contributed by atoms with van der Waals surface area (Å²) >= 11 is 0. The number of hydrogen-bond donors (Lipinski definition) is 1. The lowest BCUT2D eigenvalue weighted by Gasteiger charge is -2.29. The van der Waals surface area contributed by atoms with Gasteiger partial charge in [0.15, 0.2) is 0 Å². The SMILES string of the molecule is Cc1nc(C)c2c(n1)O[C@H](CN1CCc3[nH]nc(-c4ccccc4F)c3C1)C2. The van der Waals surface area contributed by atoms with Gasteiger partial charge in [-0.25, -0.2) is 9.37 Å². The highest BCUT2D eigenvalue weighted by molar-refractivity contribution is 5.65. The Kier molecular flexibility index (Phi) is 4.12. The predicted molar refractivity (Wildman–Crippen MR) is 103 cm³/mol. The molecule has 3 aromatic rings. The number of H-pyrrole nitrogens is 1. The quantitative estimate of drug-likeness (QED) is 0.758. The summed E-state index contributed by atoms with van der Waals surface area (Å²) in [7, 11) is 0. The zero-order chi connectivity index (χ0) is 19.3. The first kappa shape index (κ1) is 17.3. The van der Waals surface area contributed by atoms with Crippen molar-refractivity contribution in [3.63, 3.8) is 0 Å². The summed E-state index contributed by atoms with van der Waals surface area (Å²) in [6.45, 7) is 6.36. The molecule has 28 heavy (non-hydrogen) atoms. The summed E-state index contributed by atoms with van der Waals surface area (Å²) in [4.78, 5) is 11.2. The molecule has 0 spiro atoms. The van der Waals surface area contributed by atoms with Crippen molar-refractivity contribution in [2.45, 2.75) is 39.3 Å². The van der Waals surface area contributed by atoms with Crippen molar-refractivity contribution >= 4 is 0 Å². The van der Waals surface area contributed by atoms with Crippen molar-refractivity contribution in [1.82, 2.24) is 25.1 Å². The lowest BCUT2D eigenvalue weighted by molar-refractivity contribution is 0.138. The molecule has 0 saturated heterocycles. The van der Waals surface area contributed by atoms with Gasteiger partial charge < -0.3 is 4.74 Å². The van der Waals surface area contributed by atoms with E-state index in [4.69, 9.17) is 4.74 Å². The van der Waals surface area contributed by atoms with Crippen LogP contribution in [-0.2, 0) is 19.4 Å². The van der Waals surface area contributed by atoms with Crippen molar-refractivity contribution < 1.29 is 9.13 Å². The van der Waals surface area contributed by atoms with Gasteiger partial charge in [-0.3, -0.25) is 10.00 Å². The van der Waals surface area contributed by atoms with Crippen LogP contribution in [0.1, 0.15) is 28.3 Å². The Morgan fingerprint density at radius 3 is 2.93 bits per heavy atom. The number of benzene rings is 1. The lowest BCUT2D eigenvalue weighted by atomic mass is 10.00. The first-order valence-corrected chi connectivity index (χ1v) is 9.62. The molecule has 0 unspecified atom stereocenters. The summed E-state index contributed by atoms with van der Waals surface area (Å²) in [5.41, 5.74) is 5.56. The molecule has 0 amide bonds. The molecule has 1 atom stereocenters. The van der Waals surface area contributed by atoms with Gasteiger partial charge in [0.05, 0.1) is 5.69 Å². The van der Waals surface area contributed by atoms with E-state index in [1.807, 2.05) is 19.9 Å². The van der Waals surface area contributed by atoms with Crippen LogP contribution in [0.3, 0.4) is 0 Å². The molecule has 2 aliphatic heterocycles. The highest BCUT2D eigenvalue weighted by Crippen LogP contribution is 2.32. The number of hydrogen-bond acceptors (Lipinski definition) is 5. The molecule has 4 heterocycles. The molecule has 144 valence electrons. The molecule has 2 aliphatic rings. The second-order valence-corrected chi connectivity index (χ2v) is 7.58. The normalized spacial score (nSPS) is 18.6. The van der Waals surface area contributed by atoms with E-state index in [-0.39, 0.29) is 11.9 Å². The van der Waals surface area contributed by atoms with Crippen LogP contribution in [0.4, 0.5) is 4.39 Å². The average Bonchev–Trinajstić information content (AvgIpc) is 3.26. The van der Waals surface area contributed by atoms with Crippen LogP contribution in [-0.4, -0.2) is 44.3 Å². The second-order valence-electron chi connectivity index (χ2n) is 7.58. The van der Waals surface area contributed by atoms with Crippen molar-refractivity contribution in [3.05, 3.63) is 58.4 Å². The van der Waals surface area contributed by atoms with E-state index in [0.29, 0.717) is 11.3 Å². The van der Waals surface area contributed by atoms with E-state index in [1.54, 1.807) is 12.1 Å². The molecule has 0 fully saturated rings. The second kappa shape index (κ2) is 6.67. The van der Waals surface area contributed by atoms with E-state index < -0.39 is 0 Å². The molecule has 0 saturated carbocycles. The van der Waals surface area contributed by atoms with Gasteiger partial charge in [-0.2, -0.15) is 10.1 Å². The van der Waals surface area contributed by atoms with E-state index >= 15 is 0 Å². The summed E-state index contributed by atoms with van der Waals surface area (Å²) in [5, 5.41) is 7.51. The number of ether oxygens (including phenoxy) is 1. The molecule has 7 heteroatoms. The topological polar surface area (TPSA) is 66.9 Å². The monoisotopic (exact) mass is 379 g/mol. The summed E-state index contributed by atoms with van der Waals surface area (Å²) in [5.74, 6) is 1.23. The van der Waals surface area contributed by atoms with E-state index in [0.717, 1.165) is 66.7 Å². The molecule has 0 bridgehead atoms. The van der Waals surface area contributed by atoms with Crippen LogP contribution < -0.4 is 4.74 Å². The van der Waals surface area contributed by atoms with Gasteiger partial charge in [0.25, 0.3) is 0 Å². The zero-order valence-electron chi connectivity index (χ0n) is 16.0. The van der Waals surface area contributed by atoms with Gasteiger partial charge in [-0.1, -0.05) is 12.1 Å². The van der Waals surface area contributed by atoms with Gasteiger partial charge >= 0.3 is 0 Å². The van der Waals surface area contributed by atoms with Gasteiger partial charge in [0.1, 0.15) is 17.7 Å². The zero-order valence-corrected chi connectivity index (χ0v) is 16.0. The number of fused-ring (bicyclic) bond motifs is 2. The summed E-state index contributed by atoms with van der Waals surface area (Å²) < 4.78 is 20.4. The minimum absolute atomic E-state index is 0.0650. The largest absolute Gasteiger partial charge is 0.472 e. The highest BCUT2D eigenvalue weighted by Gasteiger charge is 2.31. The fourth-order valence-electron chi connectivity index (χ4n) is 4.24. The molecule has 5 rings (SSSR count). The van der Waals surface area contributed by atoms with Crippen LogP contribution in [0, 0.1) is 19.7 Å². The number of halogens is 1. The molecule has 2 aromatic heterocycles. The lowest BCUT2D eigenvalue weighted by Crippen LogP contribution is -2.38. The van der Waals surface area contributed by atoms with Crippen molar-refractivity contribution in [1.29, 1.82) is 0 Å². The Morgan fingerprint density at radius 1 is 1.21 bits per heavy atom. The Balaban J connectivity index is 1.34. The third-order valence-corrected chi connectivity index (χ3v) is 5.60. The molecule has 1 N–H and O–H groups in total. The third-order valence-electron chi connectivity index (χ3n) is 5.60. The molecule has 0 radical (unpaired) electrons. The molecular formula is C21H22FN5O. The Hall–Kier alpha value is -2.80. The van der Waals surface area contributed by atoms with Crippen molar-refractivity contribution in [2.24, 2.45) is 0 Å². The van der Waals surface area contributed by atoms with Gasteiger partial charge in [-0.15, -0.1) is 0 Å². The Bertz CT molecular complexity index is 1050. The Morgan fingerprint density at radius 2 is 2.07 bits per heavy atom. The maximum absolute atomic E-state index is 14.3. The molecule has 0 aliphatic carbocycles. The number of nitrogens with zero attached hydrogens (tertiary/aromatic N) is 4. The van der Waals surface area contributed by atoms with Gasteiger partial charge in [0, 0.05) is 60.6 Å². The van der Waals surface area contributed by atoms with Gasteiger partial charge in [-0.05, 0) is 26.0 Å². The number of nitrogens with one attached hydrogen (secondary N) is 1. The highest BCUT2D eigenvalue weighted by atomic mass is 19.1. The van der Waals surface area contributed by atoms with Crippen LogP contribution >= 0.6 is 0 Å². The van der Waals surface area contributed by atoms with E-state index in [2.05, 4.69) is 25.1 Å². The molecule has 6 nitrogen and oxygen atoms in total. The summed E-state index contributed by atoms with van der Waals surface area (Å²) in [6.07, 6.45) is 1.76. The van der Waals surface area contributed by atoms with Crippen molar-refractivity contribution in [2.75, 3.05) is 13.1 Å². The van der Waals surface area contributed by atoms with Crippen molar-refractivity contribution in [3.8, 4) is 17.1 Å². The van der Waals surface area contributed by atoms with Crippen LogP contribution in [0.2, 0.25) is 0 Å². The van der Waals surface area contributed by atoms with E-state index in [9.17, 15) is 4.39 Å². The maximum atomic E-state index is 14.3. The fourth-order valence-corrected chi connectivity index (χ4v) is 4.24. The smallest absolute Gasteiger partial charge is 0.220 e. The Labute approximate surface area is 162 Å². The average molecular weight is 379 g/mol. The number of aromatic nitrogens is 4. The first-order valence-electron chi connectivity index (χ1n) is 9.62. The number of aryl methyl sites for hydroxylation is 2. The minimum atomic E-state index is -0.243.